The van der Waals surface area contributed by atoms with Crippen molar-refractivity contribution in [2.24, 2.45) is 0 Å². The largest absolute Gasteiger partial charge is 0.489 e. The fourth-order valence-electron chi connectivity index (χ4n) is 3.78. The Kier molecular flexibility index (Phi) is 7.03. The first kappa shape index (κ1) is 21.6. The summed E-state index contributed by atoms with van der Waals surface area (Å²) < 4.78 is 24.6. The van der Waals surface area contributed by atoms with E-state index in [1.165, 1.54) is 42.2 Å². The minimum absolute atomic E-state index is 0.184. The highest BCUT2D eigenvalue weighted by molar-refractivity contribution is 7.15. The molecule has 0 bridgehead atoms. The maximum atomic E-state index is 14.0. The molecule has 4 rings (SSSR count). The topological polar surface area (TPSA) is 35.5 Å². The fourth-order valence-corrected chi connectivity index (χ4v) is 5.02. The Morgan fingerprint density at radius 3 is 2.61 bits per heavy atom. The molecule has 1 heterocycles. The molecule has 1 aliphatic carbocycles. The van der Waals surface area contributed by atoms with Crippen LogP contribution in [0.2, 0.25) is 0 Å². The molecule has 0 spiro atoms. The van der Waals surface area contributed by atoms with Crippen LogP contribution in [-0.4, -0.2) is 13.1 Å². The number of halogens is 1. The van der Waals surface area contributed by atoms with Crippen LogP contribution in [-0.2, 0) is 22.6 Å². The standard InChI is InChI=1S/C26H27FO3S/c1-29-26(28)7-2-4-18-8-11-22(12-9-18)30-17-20-16-21(27)10-13-23(20)25-15-14-24(31-25)19-5-3-6-19/h8-16,19H,2-7,17H2,1H3. The quantitative estimate of drug-likeness (QED) is 0.341. The number of esters is 1. The smallest absolute Gasteiger partial charge is 0.305 e. The summed E-state index contributed by atoms with van der Waals surface area (Å²) in [5.41, 5.74) is 3.03. The van der Waals surface area contributed by atoms with Crippen LogP contribution >= 0.6 is 11.3 Å². The van der Waals surface area contributed by atoms with Crippen molar-refractivity contribution >= 4 is 17.3 Å². The maximum absolute atomic E-state index is 14.0. The second kappa shape index (κ2) is 10.1. The third kappa shape index (κ3) is 5.53. The zero-order chi connectivity index (χ0) is 21.6. The van der Waals surface area contributed by atoms with Crippen LogP contribution in [0.15, 0.2) is 54.6 Å². The molecule has 0 aliphatic heterocycles. The normalized spacial score (nSPS) is 13.6. The van der Waals surface area contributed by atoms with Gasteiger partial charge in [0, 0.05) is 21.7 Å². The molecule has 1 saturated carbocycles. The average Bonchev–Trinajstić information content (AvgIpc) is 3.21. The minimum Gasteiger partial charge on any atom is -0.489 e. The lowest BCUT2D eigenvalue weighted by atomic mass is 9.84. The molecule has 0 N–H and O–H groups in total. The molecule has 1 fully saturated rings. The Labute approximate surface area is 186 Å². The Bertz CT molecular complexity index is 1020. The molecule has 162 valence electrons. The molecular formula is C26H27FO3S. The number of carbonyl (C=O) groups is 1. The van der Waals surface area contributed by atoms with E-state index in [1.807, 2.05) is 41.7 Å². The van der Waals surface area contributed by atoms with Gasteiger partial charge in [-0.15, -0.1) is 11.3 Å². The van der Waals surface area contributed by atoms with E-state index in [1.54, 1.807) is 6.07 Å². The lowest BCUT2D eigenvalue weighted by molar-refractivity contribution is -0.140. The van der Waals surface area contributed by atoms with Crippen LogP contribution in [0.5, 0.6) is 5.75 Å². The van der Waals surface area contributed by atoms with Gasteiger partial charge in [-0.2, -0.15) is 0 Å². The molecule has 1 aromatic heterocycles. The third-order valence-electron chi connectivity index (χ3n) is 5.86. The third-order valence-corrected chi connectivity index (χ3v) is 7.14. The molecule has 5 heteroatoms. The van der Waals surface area contributed by atoms with Gasteiger partial charge < -0.3 is 9.47 Å². The zero-order valence-corrected chi connectivity index (χ0v) is 18.6. The second-order valence-electron chi connectivity index (χ2n) is 7.99. The highest BCUT2D eigenvalue weighted by Gasteiger charge is 2.21. The number of carbonyl (C=O) groups excluding carboxylic acids is 1. The van der Waals surface area contributed by atoms with Gasteiger partial charge in [-0.05, 0) is 79.1 Å². The van der Waals surface area contributed by atoms with E-state index in [2.05, 4.69) is 16.9 Å². The van der Waals surface area contributed by atoms with E-state index in [4.69, 9.17) is 4.74 Å². The Morgan fingerprint density at radius 1 is 1.10 bits per heavy atom. The van der Waals surface area contributed by atoms with Gasteiger partial charge in [0.2, 0.25) is 0 Å². The van der Waals surface area contributed by atoms with Crippen LogP contribution in [0.25, 0.3) is 10.4 Å². The van der Waals surface area contributed by atoms with E-state index in [0.717, 1.165) is 35.3 Å². The Balaban J connectivity index is 1.39. The number of methoxy groups -OCH3 is 1. The Morgan fingerprint density at radius 2 is 1.90 bits per heavy atom. The van der Waals surface area contributed by atoms with E-state index in [9.17, 15) is 9.18 Å². The summed E-state index contributed by atoms with van der Waals surface area (Å²) in [4.78, 5) is 13.8. The van der Waals surface area contributed by atoms with Crippen LogP contribution in [0, 0.1) is 5.82 Å². The first-order valence-corrected chi connectivity index (χ1v) is 11.6. The van der Waals surface area contributed by atoms with E-state index in [0.29, 0.717) is 18.9 Å². The summed E-state index contributed by atoms with van der Waals surface area (Å²) >= 11 is 1.81. The minimum atomic E-state index is -0.251. The van der Waals surface area contributed by atoms with Crippen molar-refractivity contribution in [1.82, 2.24) is 0 Å². The predicted octanol–water partition coefficient (Wildman–Crippen LogP) is 6.90. The lowest BCUT2D eigenvalue weighted by Crippen LogP contribution is -2.06. The number of aryl methyl sites for hydroxylation is 1. The van der Waals surface area contributed by atoms with Gasteiger partial charge in [-0.3, -0.25) is 4.79 Å². The highest BCUT2D eigenvalue weighted by atomic mass is 32.1. The number of thiophene rings is 1. The summed E-state index contributed by atoms with van der Waals surface area (Å²) in [5.74, 6) is 1.01. The molecule has 2 aromatic carbocycles. The van der Waals surface area contributed by atoms with Gasteiger partial charge in [-0.1, -0.05) is 24.6 Å². The van der Waals surface area contributed by atoms with Gasteiger partial charge >= 0.3 is 5.97 Å². The van der Waals surface area contributed by atoms with Crippen molar-refractivity contribution < 1.29 is 18.7 Å². The average molecular weight is 439 g/mol. The molecule has 0 unspecified atom stereocenters. The molecule has 31 heavy (non-hydrogen) atoms. The van der Waals surface area contributed by atoms with Crippen molar-refractivity contribution in [2.75, 3.05) is 7.11 Å². The molecule has 0 radical (unpaired) electrons. The van der Waals surface area contributed by atoms with Gasteiger partial charge in [0.05, 0.1) is 7.11 Å². The summed E-state index contributed by atoms with van der Waals surface area (Å²) in [6, 6.07) is 17.2. The summed E-state index contributed by atoms with van der Waals surface area (Å²) in [5, 5.41) is 0. The first-order valence-electron chi connectivity index (χ1n) is 10.8. The van der Waals surface area contributed by atoms with Crippen molar-refractivity contribution in [2.45, 2.75) is 51.0 Å². The van der Waals surface area contributed by atoms with Crippen LogP contribution in [0.3, 0.4) is 0 Å². The lowest BCUT2D eigenvalue weighted by Gasteiger charge is -2.23. The summed E-state index contributed by atoms with van der Waals surface area (Å²) in [6.07, 6.45) is 5.85. The molecule has 0 saturated heterocycles. The Hall–Kier alpha value is -2.66. The fraction of sp³-hybridized carbons (Fsp3) is 0.346. The number of rotatable bonds is 9. The summed E-state index contributed by atoms with van der Waals surface area (Å²) in [6.45, 7) is 0.311. The van der Waals surface area contributed by atoms with Gasteiger partial charge in [0.1, 0.15) is 18.2 Å². The predicted molar refractivity (Wildman–Crippen MR) is 122 cm³/mol. The van der Waals surface area contributed by atoms with Crippen molar-refractivity contribution in [3.05, 3.63) is 76.4 Å². The molecular weight excluding hydrogens is 411 g/mol. The maximum Gasteiger partial charge on any atom is 0.305 e. The number of ether oxygens (including phenoxy) is 2. The number of benzene rings is 2. The monoisotopic (exact) mass is 438 g/mol. The molecule has 1 aliphatic rings. The molecule has 3 aromatic rings. The SMILES string of the molecule is COC(=O)CCCc1ccc(OCc2cc(F)ccc2-c2ccc(C3CCC3)s2)cc1. The van der Waals surface area contributed by atoms with E-state index in [-0.39, 0.29) is 11.8 Å². The number of hydrogen-bond acceptors (Lipinski definition) is 4. The molecule has 3 nitrogen and oxygen atoms in total. The van der Waals surface area contributed by atoms with Gasteiger partial charge in [0.15, 0.2) is 0 Å². The van der Waals surface area contributed by atoms with Crippen molar-refractivity contribution in [1.29, 1.82) is 0 Å². The van der Waals surface area contributed by atoms with Crippen molar-refractivity contribution in [3.8, 4) is 16.2 Å². The molecule has 0 atom stereocenters. The summed E-state index contributed by atoms with van der Waals surface area (Å²) in [7, 11) is 1.41. The van der Waals surface area contributed by atoms with Crippen LogP contribution < -0.4 is 4.74 Å². The highest BCUT2D eigenvalue weighted by Crippen LogP contribution is 2.42. The second-order valence-corrected chi connectivity index (χ2v) is 9.11. The molecule has 0 amide bonds. The number of hydrogen-bond donors (Lipinski definition) is 0. The zero-order valence-electron chi connectivity index (χ0n) is 17.7. The van der Waals surface area contributed by atoms with Crippen LogP contribution in [0.1, 0.15) is 54.0 Å². The van der Waals surface area contributed by atoms with Gasteiger partial charge in [-0.25, -0.2) is 4.39 Å². The van der Waals surface area contributed by atoms with E-state index >= 15 is 0 Å². The van der Waals surface area contributed by atoms with Crippen molar-refractivity contribution in [3.63, 3.8) is 0 Å². The first-order chi connectivity index (χ1) is 15.1. The van der Waals surface area contributed by atoms with E-state index < -0.39 is 0 Å². The van der Waals surface area contributed by atoms with Gasteiger partial charge in [0.25, 0.3) is 0 Å². The van der Waals surface area contributed by atoms with Crippen LogP contribution in [0.4, 0.5) is 4.39 Å².